The molecule has 0 N–H and O–H groups in total. The van der Waals surface area contributed by atoms with Gasteiger partial charge in [-0.2, -0.15) is 0 Å². The van der Waals surface area contributed by atoms with Crippen molar-refractivity contribution in [1.82, 2.24) is 0 Å². The highest BCUT2D eigenvalue weighted by atomic mass is 16.5. The molecule has 0 spiro atoms. The third-order valence-corrected chi connectivity index (χ3v) is 2.91. The zero-order chi connectivity index (χ0) is 9.97. The Balaban J connectivity index is 2.43. The largest absolute Gasteiger partial charge is 0.496 e. The summed E-state index contributed by atoms with van der Waals surface area (Å²) in [5.41, 5.74) is 2.63. The van der Waals surface area contributed by atoms with Crippen LogP contribution in [0.25, 0.3) is 0 Å². The highest BCUT2D eigenvalue weighted by molar-refractivity contribution is 5.42. The number of hydrogen-bond acceptors (Lipinski definition) is 2. The molecule has 2 heteroatoms. The van der Waals surface area contributed by atoms with Crippen molar-refractivity contribution < 1.29 is 9.47 Å². The molecular weight excluding hydrogens is 176 g/mol. The van der Waals surface area contributed by atoms with Crippen LogP contribution in [0.1, 0.15) is 30.1 Å². The maximum atomic E-state index is 5.46. The molecule has 0 bridgehead atoms. The normalized spacial score (nSPS) is 20.3. The minimum atomic E-state index is 0.258. The van der Waals surface area contributed by atoms with Gasteiger partial charge in [0.05, 0.1) is 13.2 Å². The lowest BCUT2D eigenvalue weighted by Crippen LogP contribution is -2.12. The van der Waals surface area contributed by atoms with E-state index in [1.54, 1.807) is 14.2 Å². The molecule has 1 atom stereocenters. The van der Waals surface area contributed by atoms with Crippen LogP contribution in [0.3, 0.4) is 0 Å². The minimum Gasteiger partial charge on any atom is -0.496 e. The quantitative estimate of drug-likeness (QED) is 0.717. The Bertz CT molecular complexity index is 320. The van der Waals surface area contributed by atoms with Crippen LogP contribution < -0.4 is 4.74 Å². The summed E-state index contributed by atoms with van der Waals surface area (Å²) < 4.78 is 10.8. The van der Waals surface area contributed by atoms with Crippen LogP contribution in [0, 0.1) is 0 Å². The van der Waals surface area contributed by atoms with Gasteiger partial charge in [0.2, 0.25) is 0 Å². The molecule has 0 saturated heterocycles. The van der Waals surface area contributed by atoms with Crippen molar-refractivity contribution >= 4 is 0 Å². The van der Waals surface area contributed by atoms with Gasteiger partial charge in [0, 0.05) is 7.11 Å². The van der Waals surface area contributed by atoms with Gasteiger partial charge in [0.25, 0.3) is 0 Å². The monoisotopic (exact) mass is 192 g/mol. The summed E-state index contributed by atoms with van der Waals surface area (Å²) in [6, 6.07) is 6.21. The molecule has 0 fully saturated rings. The van der Waals surface area contributed by atoms with Gasteiger partial charge >= 0.3 is 0 Å². The van der Waals surface area contributed by atoms with E-state index in [1.807, 2.05) is 12.1 Å². The standard InChI is InChI=1S/C12H16O2/c1-13-11-7-3-6-10-9(11)5-4-8-12(10)14-2/h3,6-7,12H,4-5,8H2,1-2H3. The van der Waals surface area contributed by atoms with E-state index in [-0.39, 0.29) is 6.10 Å². The molecule has 0 saturated carbocycles. The average molecular weight is 192 g/mol. The first-order valence-corrected chi connectivity index (χ1v) is 5.05. The molecule has 0 radical (unpaired) electrons. The van der Waals surface area contributed by atoms with Crippen LogP contribution in [0.4, 0.5) is 0 Å². The van der Waals surface area contributed by atoms with Gasteiger partial charge < -0.3 is 9.47 Å². The summed E-state index contributed by atoms with van der Waals surface area (Å²) in [5.74, 6) is 1.00. The van der Waals surface area contributed by atoms with Gasteiger partial charge in [-0.1, -0.05) is 12.1 Å². The van der Waals surface area contributed by atoms with E-state index < -0.39 is 0 Å². The minimum absolute atomic E-state index is 0.258. The predicted molar refractivity (Wildman–Crippen MR) is 55.7 cm³/mol. The van der Waals surface area contributed by atoms with Crippen molar-refractivity contribution in [3.63, 3.8) is 0 Å². The summed E-state index contributed by atoms with van der Waals surface area (Å²) in [4.78, 5) is 0. The van der Waals surface area contributed by atoms with E-state index in [9.17, 15) is 0 Å². The summed E-state index contributed by atoms with van der Waals surface area (Å²) in [6.07, 6.45) is 3.68. The van der Waals surface area contributed by atoms with Crippen molar-refractivity contribution in [2.75, 3.05) is 14.2 Å². The van der Waals surface area contributed by atoms with Gasteiger partial charge in [0.15, 0.2) is 0 Å². The van der Waals surface area contributed by atoms with E-state index >= 15 is 0 Å². The maximum Gasteiger partial charge on any atom is 0.122 e. The number of methoxy groups -OCH3 is 2. The molecule has 1 aliphatic rings. The lowest BCUT2D eigenvalue weighted by atomic mass is 9.89. The fraction of sp³-hybridized carbons (Fsp3) is 0.500. The Labute approximate surface area is 84.8 Å². The summed E-state index contributed by atoms with van der Waals surface area (Å²) >= 11 is 0. The second kappa shape index (κ2) is 4.01. The Morgan fingerprint density at radius 3 is 2.86 bits per heavy atom. The van der Waals surface area contributed by atoms with E-state index in [2.05, 4.69) is 6.07 Å². The molecule has 1 aromatic rings. The predicted octanol–water partition coefficient (Wildman–Crippen LogP) is 2.72. The Morgan fingerprint density at radius 1 is 1.29 bits per heavy atom. The van der Waals surface area contributed by atoms with Crippen LogP contribution in [0.2, 0.25) is 0 Å². The van der Waals surface area contributed by atoms with Gasteiger partial charge in [-0.25, -0.2) is 0 Å². The van der Waals surface area contributed by atoms with Crippen LogP contribution in [0.5, 0.6) is 5.75 Å². The van der Waals surface area contributed by atoms with E-state index in [0.29, 0.717) is 0 Å². The fourth-order valence-corrected chi connectivity index (χ4v) is 2.21. The molecule has 2 rings (SSSR count). The summed E-state index contributed by atoms with van der Waals surface area (Å²) in [5, 5.41) is 0. The second-order valence-corrected chi connectivity index (χ2v) is 3.64. The molecule has 0 heterocycles. The number of benzene rings is 1. The molecule has 1 aliphatic carbocycles. The smallest absolute Gasteiger partial charge is 0.122 e. The topological polar surface area (TPSA) is 18.5 Å². The van der Waals surface area contributed by atoms with Crippen LogP contribution in [-0.2, 0) is 11.2 Å². The van der Waals surface area contributed by atoms with Crippen molar-refractivity contribution in [2.24, 2.45) is 0 Å². The number of fused-ring (bicyclic) bond motifs is 1. The van der Waals surface area contributed by atoms with Crippen molar-refractivity contribution in [2.45, 2.75) is 25.4 Å². The lowest BCUT2D eigenvalue weighted by molar-refractivity contribution is 0.0876. The fourth-order valence-electron chi connectivity index (χ4n) is 2.21. The first kappa shape index (κ1) is 9.53. The number of ether oxygens (including phenoxy) is 2. The highest BCUT2D eigenvalue weighted by Gasteiger charge is 2.21. The molecule has 1 aromatic carbocycles. The SMILES string of the molecule is COc1cccc2c1CCCC2OC. The highest BCUT2D eigenvalue weighted by Crippen LogP contribution is 2.36. The van der Waals surface area contributed by atoms with E-state index in [0.717, 1.165) is 18.6 Å². The third kappa shape index (κ3) is 1.50. The van der Waals surface area contributed by atoms with E-state index in [4.69, 9.17) is 9.47 Å². The van der Waals surface area contributed by atoms with E-state index in [1.165, 1.54) is 17.5 Å². The van der Waals surface area contributed by atoms with Crippen molar-refractivity contribution in [3.8, 4) is 5.75 Å². The molecule has 2 nitrogen and oxygen atoms in total. The maximum absolute atomic E-state index is 5.46. The second-order valence-electron chi connectivity index (χ2n) is 3.64. The Morgan fingerprint density at radius 2 is 2.14 bits per heavy atom. The summed E-state index contributed by atoms with van der Waals surface area (Å²) in [7, 11) is 3.51. The van der Waals surface area contributed by atoms with Gasteiger partial charge in [-0.3, -0.25) is 0 Å². The van der Waals surface area contributed by atoms with Crippen LogP contribution >= 0.6 is 0 Å². The third-order valence-electron chi connectivity index (χ3n) is 2.91. The molecule has 0 amide bonds. The molecule has 1 unspecified atom stereocenters. The average Bonchev–Trinajstić information content (AvgIpc) is 2.27. The van der Waals surface area contributed by atoms with Crippen molar-refractivity contribution in [3.05, 3.63) is 29.3 Å². The number of rotatable bonds is 2. The van der Waals surface area contributed by atoms with Gasteiger partial charge in [-0.15, -0.1) is 0 Å². The Kier molecular flexibility index (Phi) is 2.73. The molecule has 14 heavy (non-hydrogen) atoms. The van der Waals surface area contributed by atoms with Crippen LogP contribution in [-0.4, -0.2) is 14.2 Å². The molecular formula is C12H16O2. The molecule has 0 aliphatic heterocycles. The zero-order valence-corrected chi connectivity index (χ0v) is 8.75. The van der Waals surface area contributed by atoms with Crippen LogP contribution in [0.15, 0.2) is 18.2 Å². The first-order chi connectivity index (χ1) is 6.86. The lowest BCUT2D eigenvalue weighted by Gasteiger charge is -2.25. The number of hydrogen-bond donors (Lipinski definition) is 0. The van der Waals surface area contributed by atoms with Crippen molar-refractivity contribution in [1.29, 1.82) is 0 Å². The zero-order valence-electron chi connectivity index (χ0n) is 8.75. The molecule has 0 aromatic heterocycles. The summed E-state index contributed by atoms with van der Waals surface area (Å²) in [6.45, 7) is 0. The Hall–Kier alpha value is -1.02. The molecule has 76 valence electrons. The van der Waals surface area contributed by atoms with Gasteiger partial charge in [0.1, 0.15) is 5.75 Å². The van der Waals surface area contributed by atoms with Gasteiger partial charge in [-0.05, 0) is 36.5 Å². The first-order valence-electron chi connectivity index (χ1n) is 5.05.